The summed E-state index contributed by atoms with van der Waals surface area (Å²) in [5, 5.41) is 3.63. The van der Waals surface area contributed by atoms with Gasteiger partial charge in [0.05, 0.1) is 18.0 Å². The Kier molecular flexibility index (Phi) is 4.46. The molecule has 1 heterocycles. The Hall–Kier alpha value is -2.13. The molecule has 9 heteroatoms. The summed E-state index contributed by atoms with van der Waals surface area (Å²) in [4.78, 5) is 12.8. The first-order valence-corrected chi connectivity index (χ1v) is 9.52. The van der Waals surface area contributed by atoms with Crippen molar-refractivity contribution in [3.05, 3.63) is 52.4 Å². The summed E-state index contributed by atoms with van der Waals surface area (Å²) in [6.07, 6.45) is 3.88. The minimum absolute atomic E-state index is 0.0989. The van der Waals surface area contributed by atoms with Crippen LogP contribution >= 0.6 is 0 Å². The number of hydrogen-bond acceptors (Lipinski definition) is 5. The Bertz CT molecular complexity index is 936. The molecular formula is C16H16F2N2O4S. The normalized spacial score (nSPS) is 16.0. The van der Waals surface area contributed by atoms with E-state index in [1.54, 1.807) is 0 Å². The molecule has 134 valence electrons. The zero-order chi connectivity index (χ0) is 18.4. The summed E-state index contributed by atoms with van der Waals surface area (Å²) >= 11 is 0. The molecule has 1 atom stereocenters. The van der Waals surface area contributed by atoms with Crippen molar-refractivity contribution in [2.24, 2.45) is 0 Å². The largest absolute Gasteiger partial charge is 0.360 e. The van der Waals surface area contributed by atoms with E-state index >= 15 is 0 Å². The topological polar surface area (TPSA) is 89.3 Å². The maximum absolute atomic E-state index is 14.4. The number of rotatable bonds is 6. The number of nitrogens with one attached hydrogen (secondary N) is 1. The molecule has 25 heavy (non-hydrogen) atoms. The summed E-state index contributed by atoms with van der Waals surface area (Å²) < 4.78 is 58.2. The number of carbonyl (C=O) groups excluding carboxylic acids is 1. The van der Waals surface area contributed by atoms with E-state index in [1.165, 1.54) is 13.1 Å². The van der Waals surface area contributed by atoms with Crippen LogP contribution in [0.2, 0.25) is 0 Å². The van der Waals surface area contributed by atoms with Gasteiger partial charge in [-0.05, 0) is 31.9 Å². The molecule has 0 amide bonds. The van der Waals surface area contributed by atoms with Crippen molar-refractivity contribution in [3.8, 4) is 0 Å². The van der Waals surface area contributed by atoms with Gasteiger partial charge in [0.25, 0.3) is 0 Å². The predicted octanol–water partition coefficient (Wildman–Crippen LogP) is 2.67. The summed E-state index contributed by atoms with van der Waals surface area (Å²) in [6.45, 7) is 1.34. The van der Waals surface area contributed by atoms with Crippen LogP contribution in [0.15, 0.2) is 22.9 Å². The maximum Gasteiger partial charge on any atom is 0.209 e. The fraction of sp³-hybridized carbons (Fsp3) is 0.375. The molecule has 0 aliphatic heterocycles. The molecule has 1 saturated carbocycles. The van der Waals surface area contributed by atoms with E-state index in [0.29, 0.717) is 5.76 Å². The Morgan fingerprint density at radius 2 is 2.00 bits per heavy atom. The van der Waals surface area contributed by atoms with Crippen molar-refractivity contribution in [1.82, 2.24) is 9.88 Å². The first-order valence-electron chi connectivity index (χ1n) is 7.63. The predicted molar refractivity (Wildman–Crippen MR) is 84.7 cm³/mol. The summed E-state index contributed by atoms with van der Waals surface area (Å²) in [5.41, 5.74) is -0.299. The van der Waals surface area contributed by atoms with Crippen LogP contribution in [0.4, 0.5) is 8.78 Å². The number of nitrogens with zero attached hydrogens (tertiary/aromatic N) is 1. The summed E-state index contributed by atoms with van der Waals surface area (Å²) in [7, 11) is -3.69. The van der Waals surface area contributed by atoms with Gasteiger partial charge >= 0.3 is 0 Å². The summed E-state index contributed by atoms with van der Waals surface area (Å²) in [5.74, 6) is -2.49. The average Bonchev–Trinajstić information content (AvgIpc) is 3.24. The van der Waals surface area contributed by atoms with E-state index in [9.17, 15) is 22.0 Å². The quantitative estimate of drug-likeness (QED) is 0.790. The molecule has 1 aliphatic rings. The van der Waals surface area contributed by atoms with Crippen LogP contribution in [0.5, 0.6) is 0 Å². The van der Waals surface area contributed by atoms with Crippen LogP contribution in [0.25, 0.3) is 0 Å². The second-order valence-electron chi connectivity index (χ2n) is 6.14. The average molecular weight is 370 g/mol. The van der Waals surface area contributed by atoms with Crippen LogP contribution in [0, 0.1) is 11.6 Å². The lowest BCUT2D eigenvalue weighted by molar-refractivity contribution is 0.103. The Labute approximate surface area is 143 Å². The third kappa shape index (κ3) is 3.62. The molecule has 0 radical (unpaired) electrons. The monoisotopic (exact) mass is 370 g/mol. The number of carbonyl (C=O) groups is 1. The lowest BCUT2D eigenvalue weighted by Crippen LogP contribution is -2.28. The van der Waals surface area contributed by atoms with Gasteiger partial charge in [0.1, 0.15) is 0 Å². The first kappa shape index (κ1) is 17.7. The lowest BCUT2D eigenvalue weighted by Gasteiger charge is -2.17. The number of halogens is 2. The first-order chi connectivity index (χ1) is 11.7. The fourth-order valence-electron chi connectivity index (χ4n) is 2.77. The van der Waals surface area contributed by atoms with Gasteiger partial charge in [0.15, 0.2) is 23.2 Å². The molecular weight excluding hydrogens is 354 g/mol. The van der Waals surface area contributed by atoms with Crippen LogP contribution in [-0.4, -0.2) is 25.6 Å². The van der Waals surface area contributed by atoms with Crippen molar-refractivity contribution in [1.29, 1.82) is 0 Å². The van der Waals surface area contributed by atoms with E-state index in [2.05, 4.69) is 9.88 Å². The number of ketones is 1. The molecule has 1 fully saturated rings. The molecule has 1 aliphatic carbocycles. The van der Waals surface area contributed by atoms with Gasteiger partial charge in [0.2, 0.25) is 10.0 Å². The van der Waals surface area contributed by atoms with Gasteiger partial charge in [-0.3, -0.25) is 4.79 Å². The highest BCUT2D eigenvalue weighted by Gasteiger charge is 2.34. The van der Waals surface area contributed by atoms with Crippen LogP contribution in [0.1, 0.15) is 59.0 Å². The molecule has 1 aromatic carbocycles. The van der Waals surface area contributed by atoms with Crippen molar-refractivity contribution in [2.45, 2.75) is 31.7 Å². The number of benzene rings is 1. The lowest BCUT2D eigenvalue weighted by atomic mass is 9.94. The molecule has 0 spiro atoms. The molecule has 6 nitrogen and oxygen atoms in total. The highest BCUT2D eigenvalue weighted by molar-refractivity contribution is 7.88. The zero-order valence-corrected chi connectivity index (χ0v) is 14.4. The molecule has 0 saturated heterocycles. The second kappa shape index (κ2) is 6.30. The highest BCUT2D eigenvalue weighted by Crippen LogP contribution is 2.42. The van der Waals surface area contributed by atoms with Crippen molar-refractivity contribution in [3.63, 3.8) is 0 Å². The molecule has 1 unspecified atom stereocenters. The van der Waals surface area contributed by atoms with Gasteiger partial charge in [-0.1, -0.05) is 5.16 Å². The number of sulfonamides is 1. The van der Waals surface area contributed by atoms with Crippen molar-refractivity contribution < 1.29 is 26.5 Å². The van der Waals surface area contributed by atoms with E-state index in [4.69, 9.17) is 4.52 Å². The molecule has 1 aromatic heterocycles. The number of hydrogen-bond donors (Lipinski definition) is 1. The van der Waals surface area contributed by atoms with Gasteiger partial charge < -0.3 is 4.52 Å². The minimum atomic E-state index is -3.69. The van der Waals surface area contributed by atoms with Crippen LogP contribution in [0.3, 0.4) is 0 Å². The molecule has 3 rings (SSSR count). The molecule has 2 aromatic rings. The Morgan fingerprint density at radius 1 is 1.32 bits per heavy atom. The molecule has 0 bridgehead atoms. The highest BCUT2D eigenvalue weighted by atomic mass is 32.2. The maximum atomic E-state index is 14.4. The SMILES string of the molecule is CC(NS(C)(=O)=O)c1c(C(=O)c2cnoc2C2CC2)ccc(F)c1F. The van der Waals surface area contributed by atoms with Crippen molar-refractivity contribution in [2.75, 3.05) is 6.26 Å². The number of aromatic nitrogens is 1. The van der Waals surface area contributed by atoms with E-state index < -0.39 is 33.5 Å². The minimum Gasteiger partial charge on any atom is -0.360 e. The van der Waals surface area contributed by atoms with Crippen LogP contribution in [-0.2, 0) is 10.0 Å². The second-order valence-corrected chi connectivity index (χ2v) is 7.92. The molecule has 1 N–H and O–H groups in total. The Balaban J connectivity index is 2.08. The van der Waals surface area contributed by atoms with Gasteiger partial charge in [0, 0.05) is 23.1 Å². The fourth-order valence-corrected chi connectivity index (χ4v) is 3.53. The van der Waals surface area contributed by atoms with Crippen LogP contribution < -0.4 is 4.72 Å². The third-order valence-electron chi connectivity index (χ3n) is 3.99. The smallest absolute Gasteiger partial charge is 0.209 e. The van der Waals surface area contributed by atoms with Gasteiger partial charge in [-0.15, -0.1) is 0 Å². The van der Waals surface area contributed by atoms with E-state index in [-0.39, 0.29) is 22.6 Å². The van der Waals surface area contributed by atoms with Crippen molar-refractivity contribution >= 4 is 15.8 Å². The zero-order valence-electron chi connectivity index (χ0n) is 13.5. The summed E-state index contributed by atoms with van der Waals surface area (Å²) in [6, 6.07) is 0.845. The third-order valence-corrected chi connectivity index (χ3v) is 4.77. The van der Waals surface area contributed by atoms with Gasteiger partial charge in [-0.2, -0.15) is 0 Å². The van der Waals surface area contributed by atoms with Gasteiger partial charge in [-0.25, -0.2) is 21.9 Å². The standard InChI is InChI=1S/C16H16F2N2O4S/c1-8(20-25(2,22)23)13-10(5-6-12(17)14(13)18)15(21)11-7-19-24-16(11)9-3-4-9/h5-9,20H,3-4H2,1-2H3. The van der Waals surface area contributed by atoms with E-state index in [1.807, 2.05) is 0 Å². The Morgan fingerprint density at radius 3 is 2.60 bits per heavy atom. The van der Waals surface area contributed by atoms with E-state index in [0.717, 1.165) is 31.2 Å².